The predicted octanol–water partition coefficient (Wildman–Crippen LogP) is 3.53. The molecule has 0 N–H and O–H groups in total. The molecule has 3 rings (SSSR count). The van der Waals surface area contributed by atoms with Gasteiger partial charge < -0.3 is 14.2 Å². The maximum absolute atomic E-state index is 5.81. The van der Waals surface area contributed by atoms with Crippen molar-refractivity contribution in [3.05, 3.63) is 71.8 Å². The quantitative estimate of drug-likeness (QED) is 0.834. The van der Waals surface area contributed by atoms with Crippen molar-refractivity contribution in [3.8, 4) is 0 Å². The van der Waals surface area contributed by atoms with Gasteiger partial charge in [0.15, 0.2) is 13.6 Å². The van der Waals surface area contributed by atoms with Crippen molar-refractivity contribution in [2.45, 2.75) is 0 Å². The van der Waals surface area contributed by atoms with E-state index in [2.05, 4.69) is 12.1 Å². The summed E-state index contributed by atoms with van der Waals surface area (Å²) in [6, 6.07) is 20.2. The van der Waals surface area contributed by atoms with Crippen molar-refractivity contribution >= 4 is 11.3 Å². The van der Waals surface area contributed by atoms with Gasteiger partial charge in [0.1, 0.15) is 5.76 Å². The van der Waals surface area contributed by atoms with Gasteiger partial charge in [0.05, 0.1) is 6.61 Å². The maximum Gasteiger partial charge on any atom is 0.191 e. The molecule has 0 amide bonds. The minimum absolute atomic E-state index is 0.195. The van der Waals surface area contributed by atoms with E-state index < -0.39 is 0 Å². The molecule has 0 bridgehead atoms. The molecule has 2 aromatic rings. The van der Waals surface area contributed by atoms with Gasteiger partial charge in [-0.2, -0.15) is 0 Å². The van der Waals surface area contributed by atoms with Crippen LogP contribution in [-0.4, -0.2) is 20.2 Å². The predicted molar refractivity (Wildman–Crippen MR) is 77.6 cm³/mol. The zero-order valence-electron chi connectivity index (χ0n) is 11.1. The second kappa shape index (κ2) is 6.37. The summed E-state index contributed by atoms with van der Waals surface area (Å²) in [7, 11) is 0. The van der Waals surface area contributed by atoms with Gasteiger partial charge in [-0.25, -0.2) is 0 Å². The van der Waals surface area contributed by atoms with Crippen molar-refractivity contribution < 1.29 is 14.2 Å². The highest BCUT2D eigenvalue weighted by molar-refractivity contribution is 5.88. The fourth-order valence-corrected chi connectivity index (χ4v) is 2.19. The monoisotopic (exact) mass is 268 g/mol. The molecule has 1 aliphatic heterocycles. The molecule has 0 radical (unpaired) electrons. The van der Waals surface area contributed by atoms with Crippen molar-refractivity contribution in [2.75, 3.05) is 20.2 Å². The summed E-state index contributed by atoms with van der Waals surface area (Å²) >= 11 is 0. The summed E-state index contributed by atoms with van der Waals surface area (Å²) in [4.78, 5) is 0. The molecule has 102 valence electrons. The molecule has 3 nitrogen and oxygen atoms in total. The molecule has 0 aliphatic carbocycles. The van der Waals surface area contributed by atoms with Crippen molar-refractivity contribution in [2.24, 2.45) is 0 Å². The third kappa shape index (κ3) is 2.90. The fraction of sp³-hybridized carbons (Fsp3) is 0.176. The van der Waals surface area contributed by atoms with Crippen LogP contribution in [0, 0.1) is 0 Å². The van der Waals surface area contributed by atoms with Crippen molar-refractivity contribution in [3.63, 3.8) is 0 Å². The van der Waals surface area contributed by atoms with Gasteiger partial charge in [0.25, 0.3) is 0 Å². The van der Waals surface area contributed by atoms with Crippen LogP contribution in [0.1, 0.15) is 11.1 Å². The Morgan fingerprint density at radius 2 is 1.30 bits per heavy atom. The van der Waals surface area contributed by atoms with Crippen LogP contribution < -0.4 is 0 Å². The summed E-state index contributed by atoms with van der Waals surface area (Å²) in [6.07, 6.45) is 0. The largest absolute Gasteiger partial charge is 0.466 e. The lowest BCUT2D eigenvalue weighted by Crippen LogP contribution is -2.12. The van der Waals surface area contributed by atoms with Crippen molar-refractivity contribution in [1.29, 1.82) is 0 Å². The Bertz CT molecular complexity index is 522. The van der Waals surface area contributed by atoms with E-state index in [1.807, 2.05) is 48.5 Å². The minimum Gasteiger partial charge on any atom is -0.466 e. The highest BCUT2D eigenvalue weighted by Crippen LogP contribution is 2.28. The van der Waals surface area contributed by atoms with Gasteiger partial charge >= 0.3 is 0 Å². The minimum atomic E-state index is 0.195. The Balaban J connectivity index is 2.09. The number of benzene rings is 2. The molecule has 3 heteroatoms. The zero-order valence-corrected chi connectivity index (χ0v) is 11.1. The van der Waals surface area contributed by atoms with Crippen LogP contribution in [0.5, 0.6) is 0 Å². The SMILES string of the molecule is c1ccc(/C2=C(\c3ccccc3)OCOCOC2)cc1. The van der Waals surface area contributed by atoms with Crippen LogP contribution in [0.4, 0.5) is 0 Å². The molecule has 1 heterocycles. The first-order chi connectivity index (χ1) is 9.95. The van der Waals surface area contributed by atoms with E-state index in [0.29, 0.717) is 6.61 Å². The summed E-state index contributed by atoms with van der Waals surface area (Å²) in [5.41, 5.74) is 3.17. The Kier molecular flexibility index (Phi) is 4.11. The lowest BCUT2D eigenvalue weighted by molar-refractivity contribution is -0.105. The smallest absolute Gasteiger partial charge is 0.191 e. The van der Waals surface area contributed by atoms with Crippen LogP contribution in [-0.2, 0) is 14.2 Å². The molecule has 2 aromatic carbocycles. The van der Waals surface area contributed by atoms with Crippen LogP contribution in [0.2, 0.25) is 0 Å². The molecule has 0 aromatic heterocycles. The van der Waals surface area contributed by atoms with Gasteiger partial charge in [-0.3, -0.25) is 0 Å². The van der Waals surface area contributed by atoms with E-state index in [-0.39, 0.29) is 13.6 Å². The fourth-order valence-electron chi connectivity index (χ4n) is 2.19. The van der Waals surface area contributed by atoms with Gasteiger partial charge in [-0.05, 0) is 5.56 Å². The first-order valence-corrected chi connectivity index (χ1v) is 6.57. The van der Waals surface area contributed by atoms with Crippen LogP contribution in [0.15, 0.2) is 60.7 Å². The topological polar surface area (TPSA) is 27.7 Å². The second-order valence-corrected chi connectivity index (χ2v) is 4.47. The molecule has 0 unspecified atom stereocenters. The third-order valence-corrected chi connectivity index (χ3v) is 3.13. The highest BCUT2D eigenvalue weighted by atomic mass is 16.7. The van der Waals surface area contributed by atoms with Crippen molar-refractivity contribution in [1.82, 2.24) is 0 Å². The standard InChI is InChI=1S/C17H16O3/c1-3-7-14(8-4-1)16-11-18-12-19-13-20-17(16)15-9-5-2-6-10-15/h1-10H,11-13H2/b17-16+. The van der Waals surface area contributed by atoms with Crippen LogP contribution in [0.25, 0.3) is 11.3 Å². The highest BCUT2D eigenvalue weighted by Gasteiger charge is 2.15. The Labute approximate surface area is 118 Å². The van der Waals surface area contributed by atoms with E-state index in [9.17, 15) is 0 Å². The van der Waals surface area contributed by atoms with Gasteiger partial charge in [-0.1, -0.05) is 60.7 Å². The van der Waals surface area contributed by atoms with Gasteiger partial charge in [0.2, 0.25) is 0 Å². The molecular formula is C17H16O3. The molecule has 1 aliphatic rings. The van der Waals surface area contributed by atoms with Gasteiger partial charge in [0, 0.05) is 11.1 Å². The number of rotatable bonds is 2. The first-order valence-electron chi connectivity index (χ1n) is 6.57. The summed E-state index contributed by atoms with van der Waals surface area (Å²) < 4.78 is 16.6. The van der Waals surface area contributed by atoms with E-state index >= 15 is 0 Å². The lowest BCUT2D eigenvalue weighted by atomic mass is 10.0. The number of hydrogen-bond donors (Lipinski definition) is 0. The number of ether oxygens (including phenoxy) is 3. The zero-order chi connectivity index (χ0) is 13.6. The number of hydrogen-bond acceptors (Lipinski definition) is 3. The first kappa shape index (κ1) is 12.9. The average molecular weight is 268 g/mol. The normalized spacial score (nSPS) is 19.8. The summed E-state index contributed by atoms with van der Waals surface area (Å²) in [5, 5.41) is 0. The van der Waals surface area contributed by atoms with Crippen LogP contribution >= 0.6 is 0 Å². The Hall–Kier alpha value is -2.10. The second-order valence-electron chi connectivity index (χ2n) is 4.47. The molecule has 0 saturated heterocycles. The molecule has 20 heavy (non-hydrogen) atoms. The summed E-state index contributed by atoms with van der Waals surface area (Å²) in [6.45, 7) is 0.910. The Morgan fingerprint density at radius 3 is 2.00 bits per heavy atom. The van der Waals surface area contributed by atoms with Gasteiger partial charge in [-0.15, -0.1) is 0 Å². The molecule has 0 atom stereocenters. The third-order valence-electron chi connectivity index (χ3n) is 3.13. The lowest BCUT2D eigenvalue weighted by Gasteiger charge is -2.20. The van der Waals surface area contributed by atoms with E-state index in [1.165, 1.54) is 0 Å². The average Bonchev–Trinajstić information content (AvgIpc) is 2.49. The summed E-state index contributed by atoms with van der Waals surface area (Å²) in [5.74, 6) is 0.816. The molecule has 0 saturated carbocycles. The molecular weight excluding hydrogens is 252 g/mol. The van der Waals surface area contributed by atoms with E-state index in [0.717, 1.165) is 22.5 Å². The molecule has 0 spiro atoms. The Morgan fingerprint density at radius 1 is 0.650 bits per heavy atom. The maximum atomic E-state index is 5.81. The van der Waals surface area contributed by atoms with E-state index in [4.69, 9.17) is 14.2 Å². The van der Waals surface area contributed by atoms with Crippen LogP contribution in [0.3, 0.4) is 0 Å². The van der Waals surface area contributed by atoms with E-state index in [1.54, 1.807) is 0 Å². The molecule has 0 fully saturated rings.